The average molecular weight is 383 g/mol. The summed E-state index contributed by atoms with van der Waals surface area (Å²) < 4.78 is 7.91. The molecule has 2 aliphatic rings. The molecular formula is C16H17N9O3. The Morgan fingerprint density at radius 1 is 1.25 bits per heavy atom. The van der Waals surface area contributed by atoms with Gasteiger partial charge in [0.25, 0.3) is 17.8 Å². The number of fused-ring (bicyclic) bond motifs is 1. The molecule has 12 heteroatoms. The molecule has 0 fully saturated rings. The number of aliphatic imine (C=N–C) groups is 2. The molecule has 2 aromatic heterocycles. The number of amides is 2. The molecule has 2 aromatic rings. The van der Waals surface area contributed by atoms with Crippen molar-refractivity contribution in [3.8, 4) is 5.88 Å². The molecule has 0 spiro atoms. The van der Waals surface area contributed by atoms with Crippen molar-refractivity contribution in [2.75, 3.05) is 19.5 Å². The van der Waals surface area contributed by atoms with Crippen LogP contribution in [0.2, 0.25) is 0 Å². The Morgan fingerprint density at radius 3 is 2.79 bits per heavy atom. The predicted molar refractivity (Wildman–Crippen MR) is 99.7 cm³/mol. The van der Waals surface area contributed by atoms with Gasteiger partial charge >= 0.3 is 0 Å². The van der Waals surface area contributed by atoms with Gasteiger partial charge in [-0.05, 0) is 6.92 Å². The van der Waals surface area contributed by atoms with Gasteiger partial charge in [-0.2, -0.15) is 24.9 Å². The zero-order chi connectivity index (χ0) is 20.0. The second-order valence-electron chi connectivity index (χ2n) is 6.25. The molecule has 12 nitrogen and oxygen atoms in total. The van der Waals surface area contributed by atoms with Crippen LogP contribution in [0.15, 0.2) is 27.3 Å². The minimum absolute atomic E-state index is 0.0511. The van der Waals surface area contributed by atoms with Gasteiger partial charge < -0.3 is 10.1 Å². The van der Waals surface area contributed by atoms with E-state index in [9.17, 15) is 9.59 Å². The third kappa shape index (κ3) is 2.84. The standard InChI is InChI=1S/C16H17N9O3/c1-8-5-11(18-14(27)10-7-23(2)22-15(10)28-4)25(21-8)16-19-12-9(13(26)20-16)6-17-24(12)3/h5-7,9H,1-4H3,(H,18,27). The zero-order valence-electron chi connectivity index (χ0n) is 15.6. The lowest BCUT2D eigenvalue weighted by Gasteiger charge is -2.17. The summed E-state index contributed by atoms with van der Waals surface area (Å²) in [6.07, 6.45) is 3.03. The number of aromatic nitrogens is 4. The van der Waals surface area contributed by atoms with Crippen LogP contribution in [-0.2, 0) is 11.8 Å². The van der Waals surface area contributed by atoms with E-state index in [1.807, 2.05) is 0 Å². The van der Waals surface area contributed by atoms with Crippen molar-refractivity contribution in [2.45, 2.75) is 6.92 Å². The fourth-order valence-corrected chi connectivity index (χ4v) is 2.90. The molecule has 0 saturated heterocycles. The van der Waals surface area contributed by atoms with Gasteiger partial charge in [-0.3, -0.25) is 19.3 Å². The Bertz CT molecular complexity index is 1080. The maximum atomic E-state index is 12.7. The van der Waals surface area contributed by atoms with Crippen molar-refractivity contribution in [3.05, 3.63) is 23.5 Å². The van der Waals surface area contributed by atoms with Gasteiger partial charge in [0, 0.05) is 32.6 Å². The fourth-order valence-electron chi connectivity index (χ4n) is 2.90. The summed E-state index contributed by atoms with van der Waals surface area (Å²) in [6, 6.07) is 1.65. The summed E-state index contributed by atoms with van der Waals surface area (Å²) in [7, 11) is 4.81. The van der Waals surface area contributed by atoms with Crippen LogP contribution >= 0.6 is 0 Å². The lowest BCUT2D eigenvalue weighted by atomic mass is 10.1. The maximum Gasteiger partial charge on any atom is 0.265 e. The van der Waals surface area contributed by atoms with Crippen LogP contribution in [0.5, 0.6) is 5.88 Å². The molecule has 0 aliphatic carbocycles. The lowest BCUT2D eigenvalue weighted by molar-refractivity contribution is -0.118. The summed E-state index contributed by atoms with van der Waals surface area (Å²) in [5.74, 6) is -0.425. The Labute approximate surface area is 159 Å². The molecule has 1 N–H and O–H groups in total. The van der Waals surface area contributed by atoms with E-state index < -0.39 is 17.7 Å². The van der Waals surface area contributed by atoms with Crippen molar-refractivity contribution >= 4 is 35.6 Å². The minimum atomic E-state index is -0.594. The summed E-state index contributed by atoms with van der Waals surface area (Å²) in [6.45, 7) is 1.75. The number of anilines is 1. The molecule has 2 amide bonds. The number of carbonyl (C=O) groups is 2. The van der Waals surface area contributed by atoms with Gasteiger partial charge in [0.2, 0.25) is 5.88 Å². The largest absolute Gasteiger partial charge is 0.479 e. The van der Waals surface area contributed by atoms with Gasteiger partial charge in [-0.1, -0.05) is 0 Å². The number of aryl methyl sites for hydroxylation is 2. The fraction of sp³-hybridized carbons (Fsp3) is 0.312. The van der Waals surface area contributed by atoms with E-state index in [0.717, 1.165) is 0 Å². The number of amidine groups is 1. The number of carbonyl (C=O) groups excluding carboxylic acids is 2. The molecule has 1 unspecified atom stereocenters. The van der Waals surface area contributed by atoms with Crippen molar-refractivity contribution in [3.63, 3.8) is 0 Å². The number of rotatable bonds is 3. The average Bonchev–Trinajstić information content (AvgIpc) is 3.32. The quantitative estimate of drug-likeness (QED) is 0.786. The van der Waals surface area contributed by atoms with Gasteiger partial charge in [0.15, 0.2) is 0 Å². The number of hydrogen-bond donors (Lipinski definition) is 1. The Balaban J connectivity index is 1.67. The first-order valence-electron chi connectivity index (χ1n) is 8.32. The monoisotopic (exact) mass is 383 g/mol. The zero-order valence-corrected chi connectivity index (χ0v) is 15.6. The van der Waals surface area contributed by atoms with E-state index >= 15 is 0 Å². The molecule has 28 heavy (non-hydrogen) atoms. The highest BCUT2D eigenvalue weighted by Gasteiger charge is 2.35. The second-order valence-corrected chi connectivity index (χ2v) is 6.25. The van der Waals surface area contributed by atoms with E-state index in [2.05, 4.69) is 30.6 Å². The first-order chi connectivity index (χ1) is 13.4. The maximum absolute atomic E-state index is 12.7. The molecule has 2 aliphatic heterocycles. The second kappa shape index (κ2) is 6.40. The topological polar surface area (TPSA) is 131 Å². The van der Waals surface area contributed by atoms with Crippen LogP contribution in [-0.4, -0.2) is 68.6 Å². The van der Waals surface area contributed by atoms with Crippen LogP contribution in [0.25, 0.3) is 0 Å². The van der Waals surface area contributed by atoms with Crippen molar-refractivity contribution in [1.29, 1.82) is 0 Å². The summed E-state index contributed by atoms with van der Waals surface area (Å²) in [4.78, 5) is 33.4. The summed E-state index contributed by atoms with van der Waals surface area (Å²) in [5, 5.41) is 16.7. The van der Waals surface area contributed by atoms with E-state index in [-0.39, 0.29) is 17.4 Å². The normalized spacial score (nSPS) is 18.1. The highest BCUT2D eigenvalue weighted by Crippen LogP contribution is 2.21. The van der Waals surface area contributed by atoms with Gasteiger partial charge in [-0.25, -0.2) is 0 Å². The van der Waals surface area contributed by atoms with Crippen LogP contribution in [0.4, 0.5) is 5.82 Å². The molecule has 0 radical (unpaired) electrons. The SMILES string of the molecule is COc1nn(C)cc1C(=O)Nc1cc(C)nn1C1=NC(=O)C2C=NN(C)C2=N1. The highest BCUT2D eigenvalue weighted by molar-refractivity contribution is 6.24. The predicted octanol–water partition coefficient (Wildman–Crippen LogP) is -0.124. The van der Waals surface area contributed by atoms with Crippen LogP contribution < -0.4 is 10.1 Å². The Hall–Kier alpha value is -3.83. The van der Waals surface area contributed by atoms with Crippen molar-refractivity contribution < 1.29 is 14.3 Å². The van der Waals surface area contributed by atoms with Crippen LogP contribution in [0.1, 0.15) is 16.1 Å². The molecule has 4 heterocycles. The van der Waals surface area contributed by atoms with E-state index in [1.54, 1.807) is 33.3 Å². The van der Waals surface area contributed by atoms with Crippen LogP contribution in [0, 0.1) is 12.8 Å². The molecule has 1 atom stereocenters. The van der Waals surface area contributed by atoms with Gasteiger partial charge in [-0.15, -0.1) is 5.10 Å². The number of hydrogen-bond acceptors (Lipinski definition) is 8. The lowest BCUT2D eigenvalue weighted by Crippen LogP contribution is -2.35. The molecule has 4 rings (SSSR count). The highest BCUT2D eigenvalue weighted by atomic mass is 16.5. The minimum Gasteiger partial charge on any atom is -0.479 e. The summed E-state index contributed by atoms with van der Waals surface area (Å²) in [5.41, 5.74) is 0.870. The first-order valence-corrected chi connectivity index (χ1v) is 8.32. The molecule has 144 valence electrons. The van der Waals surface area contributed by atoms with E-state index in [4.69, 9.17) is 4.74 Å². The summed E-state index contributed by atoms with van der Waals surface area (Å²) >= 11 is 0. The number of ether oxygens (including phenoxy) is 1. The first kappa shape index (κ1) is 17.6. The van der Waals surface area contributed by atoms with E-state index in [1.165, 1.54) is 27.7 Å². The third-order valence-electron chi connectivity index (χ3n) is 4.18. The molecule has 0 bridgehead atoms. The van der Waals surface area contributed by atoms with Crippen LogP contribution in [0.3, 0.4) is 0 Å². The molecule has 0 saturated carbocycles. The third-order valence-corrected chi connectivity index (χ3v) is 4.18. The number of nitrogens with zero attached hydrogens (tertiary/aromatic N) is 8. The van der Waals surface area contributed by atoms with Crippen molar-refractivity contribution in [1.82, 2.24) is 24.6 Å². The Kier molecular flexibility index (Phi) is 4.02. The molecular weight excluding hydrogens is 366 g/mol. The molecule has 0 aromatic carbocycles. The van der Waals surface area contributed by atoms with Gasteiger partial charge in [0.1, 0.15) is 23.1 Å². The Morgan fingerprint density at radius 2 is 2.04 bits per heavy atom. The number of nitrogens with one attached hydrogen (secondary N) is 1. The number of methoxy groups -OCH3 is 1. The smallest absolute Gasteiger partial charge is 0.265 e. The number of hydrazone groups is 1. The van der Waals surface area contributed by atoms with E-state index in [0.29, 0.717) is 17.3 Å². The van der Waals surface area contributed by atoms with Crippen molar-refractivity contribution in [2.24, 2.45) is 28.1 Å². The van der Waals surface area contributed by atoms with Gasteiger partial charge in [0.05, 0.1) is 12.8 Å².